The van der Waals surface area contributed by atoms with Crippen LogP contribution in [-0.4, -0.2) is 22.1 Å². The molecule has 0 bridgehead atoms. The largest absolute Gasteiger partial charge is 0.507 e. The fraction of sp³-hybridized carbons (Fsp3) is 0. The molecule has 2 rings (SSSR count). The van der Waals surface area contributed by atoms with E-state index in [4.69, 9.17) is 5.11 Å². The summed E-state index contributed by atoms with van der Waals surface area (Å²) in [6.07, 6.45) is 0. The number of aromatic hydroxyl groups is 1. The highest BCUT2D eigenvalue weighted by Crippen LogP contribution is 2.22. The van der Waals surface area contributed by atoms with Crippen LogP contribution >= 0.6 is 0 Å². The number of hydrogen-bond donors (Lipinski definition) is 3. The van der Waals surface area contributed by atoms with Crippen LogP contribution in [-0.2, 0) is 0 Å². The first kappa shape index (κ1) is 15.4. The molecular weight excluding hydrogens is 303 g/mol. The van der Waals surface area contributed by atoms with Gasteiger partial charge in [-0.05, 0) is 30.3 Å². The molecule has 22 heavy (non-hydrogen) atoms. The van der Waals surface area contributed by atoms with Crippen molar-refractivity contribution in [1.29, 1.82) is 0 Å². The molecule has 8 heteroatoms. The fourth-order valence-corrected chi connectivity index (χ4v) is 1.68. The minimum Gasteiger partial charge on any atom is -0.507 e. The van der Waals surface area contributed by atoms with Crippen molar-refractivity contribution < 1.29 is 33.0 Å². The molecule has 0 aliphatic rings. The number of aromatic carboxylic acids is 1. The number of hydrogen-bond acceptors (Lipinski definition) is 3. The molecule has 2 aromatic rings. The Balaban J connectivity index is 2.32. The van der Waals surface area contributed by atoms with Gasteiger partial charge in [0.1, 0.15) is 11.3 Å². The average Bonchev–Trinajstić information content (AvgIpc) is 2.46. The van der Waals surface area contributed by atoms with Crippen LogP contribution in [0.5, 0.6) is 5.75 Å². The van der Waals surface area contributed by atoms with Crippen LogP contribution in [0.4, 0.5) is 18.9 Å². The average molecular weight is 311 g/mol. The van der Waals surface area contributed by atoms with Gasteiger partial charge in [-0.15, -0.1) is 0 Å². The van der Waals surface area contributed by atoms with Crippen LogP contribution in [0.25, 0.3) is 0 Å². The highest BCUT2D eigenvalue weighted by atomic mass is 19.2. The predicted molar refractivity (Wildman–Crippen MR) is 69.3 cm³/mol. The molecule has 0 aromatic heterocycles. The van der Waals surface area contributed by atoms with Crippen LogP contribution in [0.3, 0.4) is 0 Å². The zero-order valence-electron chi connectivity index (χ0n) is 10.7. The van der Waals surface area contributed by atoms with Crippen molar-refractivity contribution in [3.63, 3.8) is 0 Å². The zero-order chi connectivity index (χ0) is 16.4. The molecule has 0 saturated heterocycles. The Morgan fingerprint density at radius 3 is 2.27 bits per heavy atom. The minimum atomic E-state index is -1.79. The Labute approximate surface area is 121 Å². The van der Waals surface area contributed by atoms with Gasteiger partial charge in [-0.2, -0.15) is 0 Å². The van der Waals surface area contributed by atoms with Crippen LogP contribution in [0.15, 0.2) is 30.3 Å². The molecule has 0 unspecified atom stereocenters. The van der Waals surface area contributed by atoms with E-state index in [0.717, 1.165) is 24.3 Å². The Bertz CT molecular complexity index is 777. The van der Waals surface area contributed by atoms with Gasteiger partial charge in [0.05, 0.1) is 5.56 Å². The summed E-state index contributed by atoms with van der Waals surface area (Å²) in [4.78, 5) is 22.7. The maximum Gasteiger partial charge on any atom is 0.339 e. The van der Waals surface area contributed by atoms with Gasteiger partial charge >= 0.3 is 5.97 Å². The van der Waals surface area contributed by atoms with Crippen molar-refractivity contribution in [3.8, 4) is 5.75 Å². The third kappa shape index (κ3) is 2.85. The fourth-order valence-electron chi connectivity index (χ4n) is 1.68. The van der Waals surface area contributed by atoms with E-state index < -0.39 is 46.2 Å². The van der Waals surface area contributed by atoms with E-state index in [0.29, 0.717) is 6.07 Å². The molecule has 0 atom stereocenters. The molecule has 3 N–H and O–H groups in total. The molecule has 0 saturated carbocycles. The van der Waals surface area contributed by atoms with Crippen molar-refractivity contribution >= 4 is 17.6 Å². The molecule has 0 fully saturated rings. The maximum absolute atomic E-state index is 13.5. The van der Waals surface area contributed by atoms with Gasteiger partial charge in [-0.1, -0.05) is 0 Å². The van der Waals surface area contributed by atoms with Gasteiger partial charge in [-0.3, -0.25) is 4.79 Å². The smallest absolute Gasteiger partial charge is 0.339 e. The third-order valence-corrected chi connectivity index (χ3v) is 2.76. The van der Waals surface area contributed by atoms with Crippen molar-refractivity contribution in [2.24, 2.45) is 0 Å². The van der Waals surface area contributed by atoms with Crippen LogP contribution in [0.1, 0.15) is 20.7 Å². The number of anilines is 1. The number of halogens is 3. The molecule has 1 amide bonds. The Morgan fingerprint density at radius 2 is 1.64 bits per heavy atom. The summed E-state index contributed by atoms with van der Waals surface area (Å²) in [6.45, 7) is 0. The number of amides is 1. The van der Waals surface area contributed by atoms with E-state index in [1.54, 1.807) is 0 Å². The second kappa shape index (κ2) is 5.76. The number of phenols is 1. The number of rotatable bonds is 3. The normalized spacial score (nSPS) is 10.3. The third-order valence-electron chi connectivity index (χ3n) is 2.76. The summed E-state index contributed by atoms with van der Waals surface area (Å²) in [5.74, 6) is -7.94. The molecule has 0 aliphatic carbocycles. The van der Waals surface area contributed by atoms with Crippen LogP contribution < -0.4 is 5.32 Å². The van der Waals surface area contributed by atoms with Gasteiger partial charge in [0.15, 0.2) is 17.5 Å². The van der Waals surface area contributed by atoms with Crippen LogP contribution in [0.2, 0.25) is 0 Å². The lowest BCUT2D eigenvalue weighted by Gasteiger charge is -2.08. The second-order valence-electron chi connectivity index (χ2n) is 4.21. The second-order valence-corrected chi connectivity index (χ2v) is 4.21. The monoisotopic (exact) mass is 311 g/mol. The topological polar surface area (TPSA) is 86.6 Å². The summed E-state index contributed by atoms with van der Waals surface area (Å²) >= 11 is 0. The number of nitrogens with one attached hydrogen (secondary N) is 1. The van der Waals surface area contributed by atoms with E-state index in [1.165, 1.54) is 0 Å². The number of carboxylic acids is 1. The number of benzene rings is 2. The summed E-state index contributed by atoms with van der Waals surface area (Å²) < 4.78 is 39.3. The number of carbonyl (C=O) groups excluding carboxylic acids is 1. The molecule has 0 heterocycles. The van der Waals surface area contributed by atoms with E-state index in [-0.39, 0.29) is 5.69 Å². The van der Waals surface area contributed by atoms with Gasteiger partial charge in [0.25, 0.3) is 5.91 Å². The van der Waals surface area contributed by atoms with Gasteiger partial charge in [-0.25, -0.2) is 18.0 Å². The predicted octanol–water partition coefficient (Wildman–Crippen LogP) is 2.76. The quantitative estimate of drug-likeness (QED) is 0.601. The molecule has 114 valence electrons. The Hall–Kier alpha value is -3.03. The first-order chi connectivity index (χ1) is 10.3. The summed E-state index contributed by atoms with van der Waals surface area (Å²) in [6, 6.07) is 4.46. The SMILES string of the molecule is O=C(O)c1cc(NC(=O)c2ccc(F)c(F)c2F)ccc1O. The van der Waals surface area contributed by atoms with Crippen molar-refractivity contribution in [3.05, 3.63) is 58.9 Å². The zero-order valence-corrected chi connectivity index (χ0v) is 10.7. The first-order valence-corrected chi connectivity index (χ1v) is 5.82. The Kier molecular flexibility index (Phi) is 4.02. The Morgan fingerprint density at radius 1 is 0.955 bits per heavy atom. The van der Waals surface area contributed by atoms with Gasteiger partial charge in [0, 0.05) is 5.69 Å². The van der Waals surface area contributed by atoms with Gasteiger partial charge in [0.2, 0.25) is 0 Å². The molecule has 0 spiro atoms. The van der Waals surface area contributed by atoms with Crippen molar-refractivity contribution in [2.45, 2.75) is 0 Å². The molecule has 5 nitrogen and oxygen atoms in total. The summed E-state index contributed by atoms with van der Waals surface area (Å²) in [7, 11) is 0. The van der Waals surface area contributed by atoms with E-state index in [9.17, 15) is 27.9 Å². The standard InChI is InChI=1S/C14H8F3NO4/c15-9-3-2-7(11(16)12(9)17)13(20)18-6-1-4-10(19)8(5-6)14(21)22/h1-5,19H,(H,18,20)(H,21,22). The lowest BCUT2D eigenvalue weighted by Crippen LogP contribution is -2.15. The van der Waals surface area contributed by atoms with E-state index in [1.807, 2.05) is 0 Å². The van der Waals surface area contributed by atoms with Crippen molar-refractivity contribution in [2.75, 3.05) is 5.32 Å². The number of carboxylic acid groups (broad SMARTS) is 1. The highest BCUT2D eigenvalue weighted by molar-refractivity contribution is 6.05. The summed E-state index contributed by atoms with van der Waals surface area (Å²) in [5, 5.41) is 20.3. The van der Waals surface area contributed by atoms with Gasteiger partial charge < -0.3 is 15.5 Å². The molecule has 2 aromatic carbocycles. The lowest BCUT2D eigenvalue weighted by atomic mass is 10.1. The maximum atomic E-state index is 13.5. The molecular formula is C14H8F3NO4. The minimum absolute atomic E-state index is 0.0654. The van der Waals surface area contributed by atoms with Crippen LogP contribution in [0, 0.1) is 17.5 Å². The number of carbonyl (C=O) groups is 2. The molecule has 0 radical (unpaired) electrons. The first-order valence-electron chi connectivity index (χ1n) is 5.82. The lowest BCUT2D eigenvalue weighted by molar-refractivity contribution is 0.0693. The van der Waals surface area contributed by atoms with E-state index in [2.05, 4.69) is 5.32 Å². The van der Waals surface area contributed by atoms with Crippen molar-refractivity contribution in [1.82, 2.24) is 0 Å². The summed E-state index contributed by atoms with van der Waals surface area (Å²) in [5.41, 5.74) is -1.29. The molecule has 0 aliphatic heterocycles. The highest BCUT2D eigenvalue weighted by Gasteiger charge is 2.19. The van der Waals surface area contributed by atoms with E-state index >= 15 is 0 Å².